The predicted octanol–water partition coefficient (Wildman–Crippen LogP) is 4.18. The van der Waals surface area contributed by atoms with Crippen LogP contribution < -0.4 is 10.1 Å². The Hall–Kier alpha value is -2.62. The molecule has 2 aromatic carbocycles. The molecule has 0 aromatic heterocycles. The van der Waals surface area contributed by atoms with Gasteiger partial charge in [0.2, 0.25) is 0 Å². The fourth-order valence-corrected chi connectivity index (χ4v) is 3.87. The molecule has 0 aliphatic heterocycles. The summed E-state index contributed by atoms with van der Waals surface area (Å²) in [6, 6.07) is 14.7. The summed E-state index contributed by atoms with van der Waals surface area (Å²) in [5, 5.41) is 3.09. The van der Waals surface area contributed by atoms with E-state index in [1.165, 1.54) is 0 Å². The van der Waals surface area contributed by atoms with Crippen LogP contribution in [-0.2, 0) is 6.42 Å². The lowest BCUT2D eigenvalue weighted by Crippen LogP contribution is -2.52. The zero-order valence-electron chi connectivity index (χ0n) is 15.4. The SMILES string of the molecule is CCc1c(OC)cccc1C(=O)NC1(C(=O)c2ccccc2)CCCC1. The average molecular weight is 351 g/mol. The van der Waals surface area contributed by atoms with Crippen LogP contribution >= 0.6 is 0 Å². The Morgan fingerprint density at radius 1 is 1.04 bits per heavy atom. The first kappa shape index (κ1) is 18.2. The number of amides is 1. The fourth-order valence-electron chi connectivity index (χ4n) is 3.87. The van der Waals surface area contributed by atoms with E-state index in [1.807, 2.05) is 49.4 Å². The maximum Gasteiger partial charge on any atom is 0.252 e. The molecule has 0 radical (unpaired) electrons. The molecule has 136 valence electrons. The molecule has 1 aliphatic rings. The first-order valence-corrected chi connectivity index (χ1v) is 9.19. The molecule has 3 rings (SSSR count). The second-order valence-corrected chi connectivity index (χ2v) is 6.78. The molecule has 2 aromatic rings. The van der Waals surface area contributed by atoms with Crippen molar-refractivity contribution in [3.05, 3.63) is 65.2 Å². The van der Waals surface area contributed by atoms with Crippen molar-refractivity contribution in [2.24, 2.45) is 0 Å². The third kappa shape index (κ3) is 3.36. The molecule has 1 N–H and O–H groups in total. The van der Waals surface area contributed by atoms with Crippen molar-refractivity contribution in [2.45, 2.75) is 44.6 Å². The standard InChI is InChI=1S/C22H25NO3/c1-3-17-18(12-9-13-19(17)26-2)21(25)23-22(14-7-8-15-22)20(24)16-10-5-4-6-11-16/h4-6,9-13H,3,7-8,14-15H2,1-2H3,(H,23,25). The van der Waals surface area contributed by atoms with Gasteiger partial charge in [0, 0.05) is 16.7 Å². The van der Waals surface area contributed by atoms with Gasteiger partial charge in [0.15, 0.2) is 5.78 Å². The molecule has 0 atom stereocenters. The van der Waals surface area contributed by atoms with E-state index >= 15 is 0 Å². The van der Waals surface area contributed by atoms with E-state index in [1.54, 1.807) is 13.2 Å². The quantitative estimate of drug-likeness (QED) is 0.794. The normalized spacial score (nSPS) is 15.5. The predicted molar refractivity (Wildman–Crippen MR) is 102 cm³/mol. The third-order valence-corrected chi connectivity index (χ3v) is 5.23. The highest BCUT2D eigenvalue weighted by Crippen LogP contribution is 2.34. The molecule has 0 bridgehead atoms. The molecule has 0 spiro atoms. The van der Waals surface area contributed by atoms with E-state index in [0.717, 1.165) is 18.4 Å². The third-order valence-electron chi connectivity index (χ3n) is 5.23. The van der Waals surface area contributed by atoms with Gasteiger partial charge in [0.1, 0.15) is 11.3 Å². The Bertz CT molecular complexity index is 792. The largest absolute Gasteiger partial charge is 0.496 e. The summed E-state index contributed by atoms with van der Waals surface area (Å²) in [5.74, 6) is 0.506. The first-order valence-electron chi connectivity index (χ1n) is 9.19. The van der Waals surface area contributed by atoms with Gasteiger partial charge in [-0.15, -0.1) is 0 Å². The molecule has 1 fully saturated rings. The molecular weight excluding hydrogens is 326 g/mol. The van der Waals surface area contributed by atoms with Crippen molar-refractivity contribution in [1.82, 2.24) is 5.32 Å². The molecule has 26 heavy (non-hydrogen) atoms. The van der Waals surface area contributed by atoms with Gasteiger partial charge in [-0.2, -0.15) is 0 Å². The minimum atomic E-state index is -0.813. The van der Waals surface area contributed by atoms with Crippen LogP contribution in [0.2, 0.25) is 0 Å². The number of rotatable bonds is 6. The lowest BCUT2D eigenvalue weighted by Gasteiger charge is -2.29. The monoisotopic (exact) mass is 351 g/mol. The molecule has 1 aliphatic carbocycles. The van der Waals surface area contributed by atoms with Gasteiger partial charge in [-0.25, -0.2) is 0 Å². The minimum Gasteiger partial charge on any atom is -0.496 e. The summed E-state index contributed by atoms with van der Waals surface area (Å²) in [5.41, 5.74) is 1.29. The van der Waals surface area contributed by atoms with Crippen molar-refractivity contribution in [3.63, 3.8) is 0 Å². The Labute approximate surface area is 154 Å². The summed E-state index contributed by atoms with van der Waals surface area (Å²) in [6.45, 7) is 2.00. The summed E-state index contributed by atoms with van der Waals surface area (Å²) in [4.78, 5) is 26.2. The molecule has 4 nitrogen and oxygen atoms in total. The van der Waals surface area contributed by atoms with Crippen molar-refractivity contribution < 1.29 is 14.3 Å². The summed E-state index contributed by atoms with van der Waals surface area (Å²) < 4.78 is 5.39. The van der Waals surface area contributed by atoms with E-state index in [9.17, 15) is 9.59 Å². The number of hydrogen-bond donors (Lipinski definition) is 1. The molecule has 0 heterocycles. The topological polar surface area (TPSA) is 55.4 Å². The number of carbonyl (C=O) groups excluding carboxylic acids is 2. The van der Waals surface area contributed by atoms with Crippen molar-refractivity contribution in [3.8, 4) is 5.75 Å². The van der Waals surface area contributed by atoms with Crippen molar-refractivity contribution in [2.75, 3.05) is 7.11 Å². The summed E-state index contributed by atoms with van der Waals surface area (Å²) >= 11 is 0. The van der Waals surface area contributed by atoms with Crippen LogP contribution in [0.5, 0.6) is 5.75 Å². The minimum absolute atomic E-state index is 0.00453. The second-order valence-electron chi connectivity index (χ2n) is 6.78. The lowest BCUT2D eigenvalue weighted by atomic mass is 9.87. The maximum absolute atomic E-state index is 13.2. The maximum atomic E-state index is 13.2. The highest BCUT2D eigenvalue weighted by atomic mass is 16.5. The zero-order valence-corrected chi connectivity index (χ0v) is 15.4. The van der Waals surface area contributed by atoms with Crippen LogP contribution in [0.15, 0.2) is 48.5 Å². The van der Waals surface area contributed by atoms with Crippen LogP contribution in [-0.4, -0.2) is 24.3 Å². The Balaban J connectivity index is 1.92. The number of Topliss-reactive ketones (excluding diaryl/α,β-unsaturated/α-hetero) is 1. The van der Waals surface area contributed by atoms with Gasteiger partial charge in [0.25, 0.3) is 5.91 Å². The number of benzene rings is 2. The van der Waals surface area contributed by atoms with Gasteiger partial charge in [-0.05, 0) is 31.4 Å². The number of ether oxygens (including phenoxy) is 1. The van der Waals surface area contributed by atoms with Gasteiger partial charge in [0.05, 0.1) is 7.11 Å². The molecule has 1 saturated carbocycles. The highest BCUT2D eigenvalue weighted by molar-refractivity contribution is 6.07. The Morgan fingerprint density at radius 3 is 2.35 bits per heavy atom. The zero-order chi connectivity index (χ0) is 18.6. The molecular formula is C22H25NO3. The lowest BCUT2D eigenvalue weighted by molar-refractivity contribution is 0.0769. The van der Waals surface area contributed by atoms with Gasteiger partial charge in [-0.3, -0.25) is 9.59 Å². The summed E-state index contributed by atoms with van der Waals surface area (Å²) in [6.07, 6.45) is 3.93. The molecule has 0 saturated heterocycles. The summed E-state index contributed by atoms with van der Waals surface area (Å²) in [7, 11) is 1.60. The van der Waals surface area contributed by atoms with E-state index < -0.39 is 5.54 Å². The molecule has 4 heteroatoms. The van der Waals surface area contributed by atoms with E-state index in [4.69, 9.17) is 4.74 Å². The fraction of sp³-hybridized carbons (Fsp3) is 0.364. The van der Waals surface area contributed by atoms with Crippen LogP contribution in [0.3, 0.4) is 0 Å². The van der Waals surface area contributed by atoms with Gasteiger partial charge < -0.3 is 10.1 Å². The van der Waals surface area contributed by atoms with Crippen LogP contribution in [0.25, 0.3) is 0 Å². The van der Waals surface area contributed by atoms with E-state index in [2.05, 4.69) is 5.32 Å². The van der Waals surface area contributed by atoms with Crippen molar-refractivity contribution in [1.29, 1.82) is 0 Å². The van der Waals surface area contributed by atoms with Gasteiger partial charge in [-0.1, -0.05) is 56.2 Å². The number of hydrogen-bond acceptors (Lipinski definition) is 3. The van der Waals surface area contributed by atoms with E-state index in [-0.39, 0.29) is 11.7 Å². The van der Waals surface area contributed by atoms with Crippen LogP contribution in [0.1, 0.15) is 58.9 Å². The smallest absolute Gasteiger partial charge is 0.252 e. The number of nitrogens with one attached hydrogen (secondary N) is 1. The number of ketones is 1. The average Bonchev–Trinajstić information content (AvgIpc) is 3.16. The number of methoxy groups -OCH3 is 1. The van der Waals surface area contributed by atoms with E-state index in [0.29, 0.717) is 36.1 Å². The van der Waals surface area contributed by atoms with Gasteiger partial charge >= 0.3 is 0 Å². The van der Waals surface area contributed by atoms with Crippen LogP contribution in [0.4, 0.5) is 0 Å². The highest BCUT2D eigenvalue weighted by Gasteiger charge is 2.43. The van der Waals surface area contributed by atoms with Crippen molar-refractivity contribution >= 4 is 11.7 Å². The molecule has 0 unspecified atom stereocenters. The number of carbonyl (C=O) groups is 2. The van der Waals surface area contributed by atoms with Crippen LogP contribution in [0, 0.1) is 0 Å². The Kier molecular flexibility index (Phi) is 5.40. The Morgan fingerprint density at radius 2 is 1.73 bits per heavy atom. The first-order chi connectivity index (χ1) is 12.6. The molecule has 1 amide bonds. The second kappa shape index (κ2) is 7.73.